The lowest BCUT2D eigenvalue weighted by Crippen LogP contribution is -2.13. The molecule has 0 radical (unpaired) electrons. The number of primary amides is 1. The lowest BCUT2D eigenvalue weighted by Gasteiger charge is -2.12. The molecule has 4 heteroatoms. The van der Waals surface area contributed by atoms with Crippen LogP contribution in [0.5, 0.6) is 0 Å². The van der Waals surface area contributed by atoms with Gasteiger partial charge in [0.05, 0.1) is 5.69 Å². The van der Waals surface area contributed by atoms with Gasteiger partial charge in [-0.2, -0.15) is 5.10 Å². The molecule has 0 aliphatic heterocycles. The first-order valence-electron chi connectivity index (χ1n) is 5.54. The highest BCUT2D eigenvalue weighted by Crippen LogP contribution is 2.25. The smallest absolute Gasteiger partial charge is 0.249 e. The molecule has 1 heterocycles. The van der Waals surface area contributed by atoms with E-state index in [0.717, 1.165) is 11.3 Å². The molecular formula is C13H15N3O. The molecule has 0 aliphatic carbocycles. The third kappa shape index (κ3) is 2.06. The molecule has 88 valence electrons. The van der Waals surface area contributed by atoms with Crippen LogP contribution in [0.25, 0.3) is 11.3 Å². The van der Waals surface area contributed by atoms with E-state index in [9.17, 15) is 4.79 Å². The van der Waals surface area contributed by atoms with Crippen LogP contribution in [0.1, 0.15) is 30.2 Å². The van der Waals surface area contributed by atoms with Gasteiger partial charge in [-0.3, -0.25) is 9.48 Å². The van der Waals surface area contributed by atoms with Gasteiger partial charge in [0.25, 0.3) is 0 Å². The summed E-state index contributed by atoms with van der Waals surface area (Å²) in [7, 11) is 0. The molecule has 17 heavy (non-hydrogen) atoms. The summed E-state index contributed by atoms with van der Waals surface area (Å²) in [5.41, 5.74) is 7.64. The van der Waals surface area contributed by atoms with Crippen molar-refractivity contribution in [3.63, 3.8) is 0 Å². The van der Waals surface area contributed by atoms with Crippen molar-refractivity contribution in [1.82, 2.24) is 9.78 Å². The Kier molecular flexibility index (Phi) is 2.95. The van der Waals surface area contributed by atoms with Gasteiger partial charge in [0.2, 0.25) is 5.91 Å². The summed E-state index contributed by atoms with van der Waals surface area (Å²) in [6.07, 6.45) is 1.73. The first-order chi connectivity index (χ1) is 8.11. The molecular weight excluding hydrogens is 214 g/mol. The number of amides is 1. The fourth-order valence-corrected chi connectivity index (χ4v) is 1.86. The second kappa shape index (κ2) is 4.41. The molecule has 0 saturated carbocycles. The number of hydrogen-bond donors (Lipinski definition) is 1. The first kappa shape index (κ1) is 11.4. The predicted octanol–water partition coefficient (Wildman–Crippen LogP) is 2.23. The summed E-state index contributed by atoms with van der Waals surface area (Å²) in [5, 5.41) is 4.26. The maximum atomic E-state index is 11.4. The fraction of sp³-hybridized carbons (Fsp3) is 0.231. The molecule has 1 aromatic heterocycles. The molecule has 4 nitrogen and oxygen atoms in total. The zero-order chi connectivity index (χ0) is 12.4. The van der Waals surface area contributed by atoms with Crippen molar-refractivity contribution in [1.29, 1.82) is 0 Å². The normalized spacial score (nSPS) is 10.8. The third-order valence-electron chi connectivity index (χ3n) is 2.63. The monoisotopic (exact) mass is 229 g/mol. The third-order valence-corrected chi connectivity index (χ3v) is 2.63. The average Bonchev–Trinajstić information content (AvgIpc) is 2.77. The van der Waals surface area contributed by atoms with Crippen molar-refractivity contribution in [2.24, 2.45) is 5.73 Å². The molecule has 2 aromatic rings. The van der Waals surface area contributed by atoms with Gasteiger partial charge in [-0.25, -0.2) is 0 Å². The molecule has 0 unspecified atom stereocenters. The highest BCUT2D eigenvalue weighted by atomic mass is 16.1. The van der Waals surface area contributed by atoms with Crippen LogP contribution in [0.2, 0.25) is 0 Å². The second-order valence-electron chi connectivity index (χ2n) is 4.16. The second-order valence-corrected chi connectivity index (χ2v) is 4.16. The summed E-state index contributed by atoms with van der Waals surface area (Å²) in [5.74, 6) is -0.419. The Morgan fingerprint density at radius 1 is 1.29 bits per heavy atom. The van der Waals surface area contributed by atoms with Crippen molar-refractivity contribution in [2.75, 3.05) is 0 Å². The van der Waals surface area contributed by atoms with Gasteiger partial charge in [0, 0.05) is 23.4 Å². The summed E-state index contributed by atoms with van der Waals surface area (Å²) in [6.45, 7) is 4.09. The van der Waals surface area contributed by atoms with Gasteiger partial charge >= 0.3 is 0 Å². The van der Waals surface area contributed by atoms with E-state index in [0.29, 0.717) is 5.56 Å². The van der Waals surface area contributed by atoms with E-state index in [-0.39, 0.29) is 6.04 Å². The Hall–Kier alpha value is -2.10. The molecule has 0 atom stereocenters. The van der Waals surface area contributed by atoms with Gasteiger partial charge in [0.1, 0.15) is 0 Å². The standard InChI is InChI=1S/C13H15N3O/c1-9(2)16-12(7-8-15-16)10-5-3-4-6-11(10)13(14)17/h3-9H,1-2H3,(H2,14,17). The molecule has 1 amide bonds. The maximum Gasteiger partial charge on any atom is 0.249 e. The summed E-state index contributed by atoms with van der Waals surface area (Å²) in [4.78, 5) is 11.4. The van der Waals surface area contributed by atoms with Crippen molar-refractivity contribution in [3.05, 3.63) is 42.1 Å². The number of carbonyl (C=O) groups excluding carboxylic acids is 1. The summed E-state index contributed by atoms with van der Waals surface area (Å²) < 4.78 is 1.88. The number of rotatable bonds is 3. The molecule has 0 spiro atoms. The van der Waals surface area contributed by atoms with Gasteiger partial charge in [-0.1, -0.05) is 18.2 Å². The van der Waals surface area contributed by atoms with Crippen molar-refractivity contribution >= 4 is 5.91 Å². The Labute approximate surface area is 100 Å². The minimum Gasteiger partial charge on any atom is -0.366 e. The van der Waals surface area contributed by atoms with Crippen molar-refractivity contribution in [2.45, 2.75) is 19.9 Å². The fourth-order valence-electron chi connectivity index (χ4n) is 1.86. The average molecular weight is 229 g/mol. The first-order valence-corrected chi connectivity index (χ1v) is 5.54. The Morgan fingerprint density at radius 3 is 2.65 bits per heavy atom. The molecule has 2 N–H and O–H groups in total. The van der Waals surface area contributed by atoms with E-state index in [1.54, 1.807) is 18.3 Å². The maximum absolute atomic E-state index is 11.4. The van der Waals surface area contributed by atoms with Crippen LogP contribution in [-0.2, 0) is 0 Å². The highest BCUT2D eigenvalue weighted by Gasteiger charge is 2.14. The number of nitrogens with zero attached hydrogens (tertiary/aromatic N) is 2. The van der Waals surface area contributed by atoms with E-state index in [2.05, 4.69) is 5.10 Å². The van der Waals surface area contributed by atoms with Crippen molar-refractivity contribution in [3.8, 4) is 11.3 Å². The molecule has 0 bridgehead atoms. The van der Waals surface area contributed by atoms with E-state index in [1.165, 1.54) is 0 Å². The van der Waals surface area contributed by atoms with E-state index < -0.39 is 5.91 Å². The lowest BCUT2D eigenvalue weighted by molar-refractivity contribution is 0.100. The molecule has 1 aromatic carbocycles. The highest BCUT2D eigenvalue weighted by molar-refractivity contribution is 5.99. The number of carbonyl (C=O) groups is 1. The van der Waals surface area contributed by atoms with Gasteiger partial charge in [-0.15, -0.1) is 0 Å². The Balaban J connectivity index is 2.60. The van der Waals surface area contributed by atoms with Gasteiger partial charge < -0.3 is 5.73 Å². The van der Waals surface area contributed by atoms with Crippen LogP contribution in [0, 0.1) is 0 Å². The van der Waals surface area contributed by atoms with Crippen LogP contribution >= 0.6 is 0 Å². The van der Waals surface area contributed by atoms with Crippen LogP contribution in [0.4, 0.5) is 0 Å². The predicted molar refractivity (Wildman–Crippen MR) is 66.6 cm³/mol. The Bertz CT molecular complexity index is 543. The van der Waals surface area contributed by atoms with Crippen LogP contribution in [0.15, 0.2) is 36.5 Å². The molecule has 0 saturated heterocycles. The summed E-state index contributed by atoms with van der Waals surface area (Å²) in [6, 6.07) is 9.44. The van der Waals surface area contributed by atoms with Crippen LogP contribution in [0.3, 0.4) is 0 Å². The van der Waals surface area contributed by atoms with E-state index in [4.69, 9.17) is 5.73 Å². The van der Waals surface area contributed by atoms with Gasteiger partial charge in [0.15, 0.2) is 0 Å². The molecule has 2 rings (SSSR count). The number of nitrogens with two attached hydrogens (primary N) is 1. The molecule has 0 aliphatic rings. The minimum absolute atomic E-state index is 0.237. The zero-order valence-corrected chi connectivity index (χ0v) is 9.92. The lowest BCUT2D eigenvalue weighted by atomic mass is 10.0. The zero-order valence-electron chi connectivity index (χ0n) is 9.92. The van der Waals surface area contributed by atoms with Crippen LogP contribution in [-0.4, -0.2) is 15.7 Å². The van der Waals surface area contributed by atoms with E-state index >= 15 is 0 Å². The SMILES string of the molecule is CC(C)n1nccc1-c1ccccc1C(N)=O. The van der Waals surface area contributed by atoms with Crippen molar-refractivity contribution < 1.29 is 4.79 Å². The summed E-state index contributed by atoms with van der Waals surface area (Å²) >= 11 is 0. The number of hydrogen-bond acceptors (Lipinski definition) is 2. The Morgan fingerprint density at radius 2 is 2.00 bits per heavy atom. The van der Waals surface area contributed by atoms with E-state index in [1.807, 2.05) is 36.7 Å². The molecule has 0 fully saturated rings. The van der Waals surface area contributed by atoms with Gasteiger partial charge in [-0.05, 0) is 26.0 Å². The number of aromatic nitrogens is 2. The quantitative estimate of drug-likeness (QED) is 0.877. The largest absolute Gasteiger partial charge is 0.366 e. The minimum atomic E-state index is -0.419. The van der Waals surface area contributed by atoms with Crippen LogP contribution < -0.4 is 5.73 Å². The number of benzene rings is 1. The topological polar surface area (TPSA) is 60.9 Å².